The van der Waals surface area contributed by atoms with Gasteiger partial charge in [-0.15, -0.1) is 0 Å². The van der Waals surface area contributed by atoms with Crippen LogP contribution in [-0.4, -0.2) is 6.29 Å². The van der Waals surface area contributed by atoms with Gasteiger partial charge in [0.2, 0.25) is 0 Å². The maximum Gasteiger partial charge on any atom is 0.120 e. The van der Waals surface area contributed by atoms with E-state index in [1.807, 2.05) is 0 Å². The van der Waals surface area contributed by atoms with Crippen molar-refractivity contribution in [3.05, 3.63) is 0 Å². The van der Waals surface area contributed by atoms with E-state index in [0.29, 0.717) is 11.8 Å². The van der Waals surface area contributed by atoms with Gasteiger partial charge >= 0.3 is 0 Å². The Hall–Kier alpha value is -0.330. The first-order valence-corrected chi connectivity index (χ1v) is 5.77. The summed E-state index contributed by atoms with van der Waals surface area (Å²) in [7, 11) is 0. The normalized spacial score (nSPS) is 12.9. The van der Waals surface area contributed by atoms with Crippen LogP contribution in [0.4, 0.5) is 0 Å². The van der Waals surface area contributed by atoms with Crippen LogP contribution in [-0.2, 0) is 4.79 Å². The summed E-state index contributed by atoms with van der Waals surface area (Å²) in [5, 5.41) is 0. The molecule has 1 nitrogen and oxygen atoms in total. The highest BCUT2D eigenvalue weighted by atomic mass is 16.1. The van der Waals surface area contributed by atoms with E-state index in [2.05, 4.69) is 34.6 Å². The molecule has 0 unspecified atom stereocenters. The smallest absolute Gasteiger partial charge is 0.120 e. The van der Waals surface area contributed by atoms with Crippen molar-refractivity contribution in [3.8, 4) is 0 Å². The summed E-state index contributed by atoms with van der Waals surface area (Å²) in [6, 6.07) is 0. The van der Waals surface area contributed by atoms with Gasteiger partial charge in [-0.25, -0.2) is 0 Å². The van der Waals surface area contributed by atoms with Crippen LogP contribution in [0.15, 0.2) is 0 Å². The van der Waals surface area contributed by atoms with Gasteiger partial charge in [0.15, 0.2) is 0 Å². The molecule has 0 aliphatic carbocycles. The maximum absolute atomic E-state index is 10.5. The zero-order valence-corrected chi connectivity index (χ0v) is 10.5. The Bertz CT molecular complexity index is 168. The Morgan fingerprint density at radius 1 is 1.07 bits per heavy atom. The van der Waals surface area contributed by atoms with E-state index in [0.717, 1.165) is 12.7 Å². The van der Waals surface area contributed by atoms with Crippen molar-refractivity contribution < 1.29 is 4.79 Å². The molecule has 0 amide bonds. The molecule has 0 bridgehead atoms. The summed E-state index contributed by atoms with van der Waals surface area (Å²) in [6.07, 6.45) is 6.70. The highest BCUT2D eigenvalue weighted by molar-refractivity contribution is 5.50. The SMILES string of the molecule is CCCCC(C)(C)CC(C)(C)CC=O. The molecule has 0 aromatic carbocycles. The minimum atomic E-state index is 0.166. The molecule has 0 fully saturated rings. The Labute approximate surface area is 89.3 Å². The van der Waals surface area contributed by atoms with E-state index in [-0.39, 0.29) is 5.41 Å². The van der Waals surface area contributed by atoms with E-state index in [1.54, 1.807) is 0 Å². The Morgan fingerprint density at radius 2 is 1.64 bits per heavy atom. The van der Waals surface area contributed by atoms with Crippen LogP contribution in [0.3, 0.4) is 0 Å². The van der Waals surface area contributed by atoms with Crippen LogP contribution >= 0.6 is 0 Å². The molecule has 0 radical (unpaired) electrons. The second-order valence-electron chi connectivity index (χ2n) is 5.98. The number of hydrogen-bond acceptors (Lipinski definition) is 1. The summed E-state index contributed by atoms with van der Waals surface area (Å²) in [6.45, 7) is 11.2. The van der Waals surface area contributed by atoms with E-state index in [4.69, 9.17) is 0 Å². The fourth-order valence-corrected chi connectivity index (χ4v) is 2.34. The predicted octanol–water partition coefficient (Wildman–Crippen LogP) is 4.21. The second-order valence-corrected chi connectivity index (χ2v) is 5.98. The van der Waals surface area contributed by atoms with Crippen molar-refractivity contribution >= 4 is 6.29 Å². The van der Waals surface area contributed by atoms with Crippen LogP contribution in [0, 0.1) is 10.8 Å². The standard InChI is InChI=1S/C13H26O/c1-6-7-8-12(2,3)11-13(4,5)9-10-14/h10H,6-9,11H2,1-5H3. The van der Waals surface area contributed by atoms with Crippen molar-refractivity contribution in [1.29, 1.82) is 0 Å². The number of hydrogen-bond donors (Lipinski definition) is 0. The molecule has 0 N–H and O–H groups in total. The lowest BCUT2D eigenvalue weighted by atomic mass is 9.71. The lowest BCUT2D eigenvalue weighted by Gasteiger charge is -2.34. The monoisotopic (exact) mass is 198 g/mol. The van der Waals surface area contributed by atoms with Crippen LogP contribution in [0.25, 0.3) is 0 Å². The maximum atomic E-state index is 10.5. The quantitative estimate of drug-likeness (QED) is 0.560. The van der Waals surface area contributed by atoms with Gasteiger partial charge < -0.3 is 4.79 Å². The average Bonchev–Trinajstić information content (AvgIpc) is 1.98. The number of unbranched alkanes of at least 4 members (excludes halogenated alkanes) is 1. The van der Waals surface area contributed by atoms with Gasteiger partial charge in [-0.3, -0.25) is 0 Å². The molecule has 0 saturated heterocycles. The topological polar surface area (TPSA) is 17.1 Å². The highest BCUT2D eigenvalue weighted by Gasteiger charge is 2.27. The molecule has 0 heterocycles. The molecule has 0 atom stereocenters. The first-order chi connectivity index (χ1) is 6.33. The number of rotatable bonds is 7. The summed E-state index contributed by atoms with van der Waals surface area (Å²) in [5.41, 5.74) is 0.543. The van der Waals surface area contributed by atoms with Gasteiger partial charge in [-0.2, -0.15) is 0 Å². The highest BCUT2D eigenvalue weighted by Crippen LogP contribution is 2.38. The second kappa shape index (κ2) is 5.53. The molecule has 84 valence electrons. The van der Waals surface area contributed by atoms with E-state index in [9.17, 15) is 4.79 Å². The van der Waals surface area contributed by atoms with Crippen LogP contribution in [0.5, 0.6) is 0 Å². The molecule has 14 heavy (non-hydrogen) atoms. The minimum absolute atomic E-state index is 0.166. The third-order valence-corrected chi connectivity index (χ3v) is 2.80. The summed E-state index contributed by atoms with van der Waals surface area (Å²) in [4.78, 5) is 10.5. The van der Waals surface area contributed by atoms with E-state index in [1.165, 1.54) is 19.3 Å². The number of carbonyl (C=O) groups excluding carboxylic acids is 1. The van der Waals surface area contributed by atoms with Crippen LogP contribution in [0.2, 0.25) is 0 Å². The molecule has 1 heteroatoms. The molecule has 0 aromatic rings. The Balaban J connectivity index is 4.11. The molecule has 0 aliphatic heterocycles. The van der Waals surface area contributed by atoms with Crippen molar-refractivity contribution in [2.45, 2.75) is 66.7 Å². The zero-order valence-electron chi connectivity index (χ0n) is 10.5. The van der Waals surface area contributed by atoms with Gasteiger partial charge in [-0.1, -0.05) is 47.5 Å². The van der Waals surface area contributed by atoms with Gasteiger partial charge in [0.25, 0.3) is 0 Å². The lowest BCUT2D eigenvalue weighted by molar-refractivity contribution is -0.109. The Morgan fingerprint density at radius 3 is 2.07 bits per heavy atom. The Kier molecular flexibility index (Phi) is 5.40. The fraction of sp³-hybridized carbons (Fsp3) is 0.923. The van der Waals surface area contributed by atoms with Gasteiger partial charge in [0.1, 0.15) is 6.29 Å². The minimum Gasteiger partial charge on any atom is -0.303 e. The molecule has 0 spiro atoms. The van der Waals surface area contributed by atoms with Crippen LogP contribution in [0.1, 0.15) is 66.7 Å². The molecule has 0 saturated carbocycles. The summed E-state index contributed by atoms with van der Waals surface area (Å²) in [5.74, 6) is 0. The first kappa shape index (κ1) is 13.7. The van der Waals surface area contributed by atoms with Crippen molar-refractivity contribution in [1.82, 2.24) is 0 Å². The largest absolute Gasteiger partial charge is 0.303 e. The average molecular weight is 198 g/mol. The van der Waals surface area contributed by atoms with Gasteiger partial charge in [-0.05, 0) is 23.7 Å². The first-order valence-electron chi connectivity index (χ1n) is 5.77. The lowest BCUT2D eigenvalue weighted by Crippen LogP contribution is -2.23. The van der Waals surface area contributed by atoms with E-state index < -0.39 is 0 Å². The fourth-order valence-electron chi connectivity index (χ4n) is 2.34. The van der Waals surface area contributed by atoms with E-state index >= 15 is 0 Å². The van der Waals surface area contributed by atoms with Crippen molar-refractivity contribution in [2.24, 2.45) is 10.8 Å². The molecule has 0 aliphatic rings. The predicted molar refractivity (Wildman–Crippen MR) is 62.4 cm³/mol. The van der Waals surface area contributed by atoms with Crippen molar-refractivity contribution in [3.63, 3.8) is 0 Å². The van der Waals surface area contributed by atoms with Crippen molar-refractivity contribution in [2.75, 3.05) is 0 Å². The van der Waals surface area contributed by atoms with Gasteiger partial charge in [0.05, 0.1) is 0 Å². The zero-order chi connectivity index (χ0) is 11.2. The number of carbonyl (C=O) groups is 1. The third-order valence-electron chi connectivity index (χ3n) is 2.80. The van der Waals surface area contributed by atoms with Gasteiger partial charge in [0, 0.05) is 6.42 Å². The van der Waals surface area contributed by atoms with Crippen LogP contribution < -0.4 is 0 Å². The number of aldehydes is 1. The third kappa shape index (κ3) is 6.17. The molecule has 0 aromatic heterocycles. The summed E-state index contributed by atoms with van der Waals surface area (Å²) >= 11 is 0. The summed E-state index contributed by atoms with van der Waals surface area (Å²) < 4.78 is 0. The molecule has 0 rings (SSSR count). The molecular weight excluding hydrogens is 172 g/mol. The molecular formula is C13H26O.